The number of nitrogens with one attached hydrogen (secondary N) is 1. The number of hydrogen-bond acceptors (Lipinski definition) is 6. The van der Waals surface area contributed by atoms with Crippen LogP contribution in [0.4, 0.5) is 0 Å². The summed E-state index contributed by atoms with van der Waals surface area (Å²) in [4.78, 5) is 4.69. The minimum Gasteiger partial charge on any atom is -0.497 e. The Kier molecular flexibility index (Phi) is 5.40. The number of nitrogens with zero attached hydrogens (tertiary/aromatic N) is 3. The summed E-state index contributed by atoms with van der Waals surface area (Å²) in [6.07, 6.45) is 5.55. The van der Waals surface area contributed by atoms with E-state index in [1.54, 1.807) is 18.4 Å². The molecule has 1 aliphatic rings. The van der Waals surface area contributed by atoms with E-state index in [-0.39, 0.29) is 0 Å². The number of rotatable bonds is 7. The lowest BCUT2D eigenvalue weighted by molar-refractivity contribution is 0.304. The van der Waals surface area contributed by atoms with Crippen LogP contribution in [0.2, 0.25) is 0 Å². The molecule has 3 aromatic rings. The largest absolute Gasteiger partial charge is 0.497 e. The number of aromatic nitrogens is 3. The van der Waals surface area contributed by atoms with Gasteiger partial charge in [-0.15, -0.1) is 11.3 Å². The highest BCUT2D eigenvalue weighted by molar-refractivity contribution is 7.09. The SMILES string of the molecule is COc1ccc(OCc2nc(CNC3CCCc4nn(C)cc43)cs2)cc1. The van der Waals surface area contributed by atoms with Gasteiger partial charge >= 0.3 is 0 Å². The Morgan fingerprint density at radius 2 is 2.07 bits per heavy atom. The summed E-state index contributed by atoms with van der Waals surface area (Å²) in [6, 6.07) is 7.96. The lowest BCUT2D eigenvalue weighted by Gasteiger charge is -2.22. The first-order valence-corrected chi connectivity index (χ1v) is 10.0. The minimum atomic E-state index is 0.364. The fraction of sp³-hybridized carbons (Fsp3) is 0.400. The quantitative estimate of drug-likeness (QED) is 0.674. The lowest BCUT2D eigenvalue weighted by Crippen LogP contribution is -2.24. The Morgan fingerprint density at radius 1 is 1.26 bits per heavy atom. The highest BCUT2D eigenvalue weighted by Gasteiger charge is 2.22. The molecule has 0 radical (unpaired) electrons. The summed E-state index contributed by atoms with van der Waals surface area (Å²) < 4.78 is 12.9. The third-order valence-corrected chi connectivity index (χ3v) is 5.64. The summed E-state index contributed by atoms with van der Waals surface area (Å²) >= 11 is 1.64. The van der Waals surface area contributed by atoms with Gasteiger partial charge in [0.25, 0.3) is 0 Å². The second-order valence-corrected chi connectivity index (χ2v) is 7.67. The second kappa shape index (κ2) is 8.10. The smallest absolute Gasteiger partial charge is 0.140 e. The van der Waals surface area contributed by atoms with Crippen LogP contribution in [-0.4, -0.2) is 21.9 Å². The van der Waals surface area contributed by atoms with Gasteiger partial charge in [0.15, 0.2) is 0 Å². The van der Waals surface area contributed by atoms with Crippen molar-refractivity contribution in [2.75, 3.05) is 7.11 Å². The molecule has 1 unspecified atom stereocenters. The van der Waals surface area contributed by atoms with Crippen LogP contribution in [0.15, 0.2) is 35.8 Å². The van der Waals surface area contributed by atoms with E-state index in [0.29, 0.717) is 12.6 Å². The topological polar surface area (TPSA) is 61.2 Å². The van der Waals surface area contributed by atoms with Gasteiger partial charge in [0.2, 0.25) is 0 Å². The van der Waals surface area contributed by atoms with Crippen molar-refractivity contribution in [2.45, 2.75) is 38.5 Å². The molecule has 0 saturated heterocycles. The third kappa shape index (κ3) is 4.31. The summed E-state index contributed by atoms with van der Waals surface area (Å²) in [5.74, 6) is 1.64. The molecule has 6 nitrogen and oxygen atoms in total. The van der Waals surface area contributed by atoms with Crippen molar-refractivity contribution in [3.05, 3.63) is 57.8 Å². The van der Waals surface area contributed by atoms with Crippen LogP contribution in [0.25, 0.3) is 0 Å². The average molecular weight is 385 g/mol. The molecule has 142 valence electrons. The van der Waals surface area contributed by atoms with Gasteiger partial charge in [-0.3, -0.25) is 4.68 Å². The Bertz CT molecular complexity index is 888. The lowest BCUT2D eigenvalue weighted by atomic mass is 9.93. The van der Waals surface area contributed by atoms with Crippen LogP contribution < -0.4 is 14.8 Å². The fourth-order valence-corrected chi connectivity index (χ4v) is 4.13. The molecule has 4 rings (SSSR count). The minimum absolute atomic E-state index is 0.364. The summed E-state index contributed by atoms with van der Waals surface area (Å²) in [5, 5.41) is 11.3. The number of methoxy groups -OCH3 is 1. The predicted octanol–water partition coefficient (Wildman–Crippen LogP) is 3.63. The van der Waals surface area contributed by atoms with Gasteiger partial charge in [-0.2, -0.15) is 5.10 Å². The standard InChI is InChI=1S/C20H24N4O2S/c1-24-11-17-18(4-3-5-19(17)23-24)21-10-14-13-27-20(22-14)12-26-16-8-6-15(25-2)7-9-16/h6-9,11,13,18,21H,3-5,10,12H2,1-2H3. The van der Waals surface area contributed by atoms with E-state index >= 15 is 0 Å². The van der Waals surface area contributed by atoms with Crippen molar-refractivity contribution in [1.29, 1.82) is 0 Å². The number of hydrogen-bond donors (Lipinski definition) is 1. The van der Waals surface area contributed by atoms with Crippen molar-refractivity contribution in [3.8, 4) is 11.5 Å². The maximum Gasteiger partial charge on any atom is 0.140 e. The van der Waals surface area contributed by atoms with Gasteiger partial charge in [0.1, 0.15) is 23.1 Å². The van der Waals surface area contributed by atoms with Crippen LogP contribution in [0.3, 0.4) is 0 Å². The molecule has 0 bridgehead atoms. The van der Waals surface area contributed by atoms with Crippen molar-refractivity contribution >= 4 is 11.3 Å². The first-order valence-electron chi connectivity index (χ1n) is 9.17. The number of benzene rings is 1. The molecule has 0 spiro atoms. The first-order chi connectivity index (χ1) is 13.2. The molecule has 0 aliphatic heterocycles. The maximum absolute atomic E-state index is 5.81. The Labute approximate surface area is 163 Å². The monoisotopic (exact) mass is 384 g/mol. The number of fused-ring (bicyclic) bond motifs is 1. The van der Waals surface area contributed by atoms with Crippen LogP contribution in [-0.2, 0) is 26.6 Å². The molecule has 7 heteroatoms. The van der Waals surface area contributed by atoms with E-state index in [1.807, 2.05) is 36.0 Å². The van der Waals surface area contributed by atoms with Crippen molar-refractivity contribution in [2.24, 2.45) is 7.05 Å². The molecular weight excluding hydrogens is 360 g/mol. The van der Waals surface area contributed by atoms with E-state index in [4.69, 9.17) is 14.5 Å². The predicted molar refractivity (Wildman–Crippen MR) is 105 cm³/mol. The fourth-order valence-electron chi connectivity index (χ4n) is 3.42. The molecule has 0 fully saturated rings. The molecule has 0 saturated carbocycles. The molecule has 1 N–H and O–H groups in total. The molecule has 0 amide bonds. The van der Waals surface area contributed by atoms with E-state index in [0.717, 1.165) is 41.6 Å². The zero-order chi connectivity index (χ0) is 18.6. The maximum atomic E-state index is 5.81. The summed E-state index contributed by atoms with van der Waals surface area (Å²) in [6.45, 7) is 1.24. The zero-order valence-corrected chi connectivity index (χ0v) is 16.5. The summed E-state index contributed by atoms with van der Waals surface area (Å²) in [7, 11) is 3.65. The van der Waals surface area contributed by atoms with Gasteiger partial charge in [-0.1, -0.05) is 0 Å². The molecule has 27 heavy (non-hydrogen) atoms. The first kappa shape index (κ1) is 18.0. The van der Waals surface area contributed by atoms with Crippen LogP contribution in [0, 0.1) is 0 Å². The van der Waals surface area contributed by atoms with Gasteiger partial charge < -0.3 is 14.8 Å². The van der Waals surface area contributed by atoms with E-state index in [2.05, 4.69) is 22.0 Å². The van der Waals surface area contributed by atoms with Crippen LogP contribution in [0.5, 0.6) is 11.5 Å². The summed E-state index contributed by atoms with van der Waals surface area (Å²) in [5.41, 5.74) is 3.62. The van der Waals surface area contributed by atoms with Crippen molar-refractivity contribution < 1.29 is 9.47 Å². The molecule has 1 aromatic carbocycles. The van der Waals surface area contributed by atoms with Crippen LogP contribution >= 0.6 is 11.3 Å². The zero-order valence-electron chi connectivity index (χ0n) is 15.6. The van der Waals surface area contributed by atoms with E-state index < -0.39 is 0 Å². The Morgan fingerprint density at radius 3 is 2.89 bits per heavy atom. The molecular formula is C20H24N4O2S. The van der Waals surface area contributed by atoms with E-state index in [1.165, 1.54) is 17.7 Å². The average Bonchev–Trinajstić information content (AvgIpc) is 3.30. The third-order valence-electron chi connectivity index (χ3n) is 4.77. The highest BCUT2D eigenvalue weighted by Crippen LogP contribution is 2.29. The second-order valence-electron chi connectivity index (χ2n) is 6.73. The van der Waals surface area contributed by atoms with E-state index in [9.17, 15) is 0 Å². The van der Waals surface area contributed by atoms with Crippen molar-refractivity contribution in [3.63, 3.8) is 0 Å². The van der Waals surface area contributed by atoms with Gasteiger partial charge in [0.05, 0.1) is 18.5 Å². The highest BCUT2D eigenvalue weighted by atomic mass is 32.1. The molecule has 2 aromatic heterocycles. The van der Waals surface area contributed by atoms with Gasteiger partial charge in [-0.05, 0) is 43.5 Å². The number of ether oxygens (including phenoxy) is 2. The van der Waals surface area contributed by atoms with Gasteiger partial charge in [0, 0.05) is 36.8 Å². The van der Waals surface area contributed by atoms with Crippen LogP contribution in [0.1, 0.15) is 40.8 Å². The van der Waals surface area contributed by atoms with Crippen molar-refractivity contribution in [1.82, 2.24) is 20.1 Å². The Balaban J connectivity index is 1.30. The van der Waals surface area contributed by atoms with Gasteiger partial charge in [-0.25, -0.2) is 4.98 Å². The number of aryl methyl sites for hydroxylation is 2. The molecule has 1 aliphatic carbocycles. The Hall–Kier alpha value is -2.38. The molecule has 1 atom stereocenters. The number of thiazole rings is 1. The normalized spacial score (nSPS) is 16.1. The molecule has 2 heterocycles.